The number of aromatic amines is 1. The Morgan fingerprint density at radius 1 is 1.21 bits per heavy atom. The molecule has 1 aliphatic heterocycles. The fourth-order valence-corrected chi connectivity index (χ4v) is 3.94. The van der Waals surface area contributed by atoms with Crippen LogP contribution in [0.1, 0.15) is 54.4 Å². The fourth-order valence-electron chi connectivity index (χ4n) is 3.94. The van der Waals surface area contributed by atoms with Crippen LogP contribution in [0.4, 0.5) is 0 Å². The Labute approximate surface area is 166 Å². The standard InChI is InChI=1S/C22H29N3O3/c1-3-28-21(27)22(11-7-10-18-8-5-4-6-9-18)12-14-25(15-13-22)20(26)19-16-17(2)23-24-19/h4-6,8-9,16H,3,7,10-15H2,1-2H3,(H,23,24). The number of H-pyrrole nitrogens is 1. The van der Waals surface area contributed by atoms with Crippen molar-refractivity contribution >= 4 is 11.9 Å². The summed E-state index contributed by atoms with van der Waals surface area (Å²) in [5, 5.41) is 6.88. The molecule has 1 aliphatic rings. The van der Waals surface area contributed by atoms with E-state index < -0.39 is 5.41 Å². The topological polar surface area (TPSA) is 75.3 Å². The van der Waals surface area contributed by atoms with E-state index in [1.54, 1.807) is 11.0 Å². The first-order valence-corrected chi connectivity index (χ1v) is 10.1. The Bertz CT molecular complexity index is 792. The molecule has 1 aromatic carbocycles. The minimum Gasteiger partial charge on any atom is -0.466 e. The molecule has 1 amide bonds. The lowest BCUT2D eigenvalue weighted by Crippen LogP contribution is -2.47. The van der Waals surface area contributed by atoms with Gasteiger partial charge in [-0.1, -0.05) is 30.3 Å². The van der Waals surface area contributed by atoms with Crippen LogP contribution in [0.3, 0.4) is 0 Å². The van der Waals surface area contributed by atoms with Gasteiger partial charge in [0.05, 0.1) is 12.0 Å². The van der Waals surface area contributed by atoms with Crippen LogP contribution in [0.2, 0.25) is 0 Å². The Kier molecular flexibility index (Phi) is 6.49. The van der Waals surface area contributed by atoms with Crippen LogP contribution in [0, 0.1) is 12.3 Å². The molecule has 0 radical (unpaired) electrons. The number of hydrogen-bond donors (Lipinski definition) is 1. The minimum absolute atomic E-state index is 0.0777. The second-order valence-electron chi connectivity index (χ2n) is 7.57. The Hall–Kier alpha value is -2.63. The van der Waals surface area contributed by atoms with E-state index in [9.17, 15) is 9.59 Å². The largest absolute Gasteiger partial charge is 0.466 e. The summed E-state index contributed by atoms with van der Waals surface area (Å²) in [6.07, 6.45) is 3.92. The number of nitrogens with one attached hydrogen (secondary N) is 1. The lowest BCUT2D eigenvalue weighted by molar-refractivity contribution is -0.159. The molecule has 0 unspecified atom stereocenters. The van der Waals surface area contributed by atoms with Crippen molar-refractivity contribution in [3.8, 4) is 0 Å². The fraction of sp³-hybridized carbons (Fsp3) is 0.500. The van der Waals surface area contributed by atoms with Crippen molar-refractivity contribution in [2.75, 3.05) is 19.7 Å². The number of aryl methyl sites for hydroxylation is 2. The molecule has 6 nitrogen and oxygen atoms in total. The summed E-state index contributed by atoms with van der Waals surface area (Å²) in [7, 11) is 0. The number of likely N-dealkylation sites (tertiary alicyclic amines) is 1. The van der Waals surface area contributed by atoms with E-state index >= 15 is 0 Å². The molecular weight excluding hydrogens is 354 g/mol. The number of hydrogen-bond acceptors (Lipinski definition) is 4. The number of amides is 1. The molecule has 0 saturated carbocycles. The maximum atomic E-state index is 12.8. The van der Waals surface area contributed by atoms with E-state index in [0.717, 1.165) is 25.0 Å². The monoisotopic (exact) mass is 383 g/mol. The highest BCUT2D eigenvalue weighted by atomic mass is 16.5. The number of carbonyl (C=O) groups excluding carboxylic acids is 2. The van der Waals surface area contributed by atoms with Gasteiger partial charge < -0.3 is 9.64 Å². The molecule has 1 N–H and O–H groups in total. The predicted molar refractivity (Wildman–Crippen MR) is 107 cm³/mol. The van der Waals surface area contributed by atoms with Crippen LogP contribution >= 0.6 is 0 Å². The number of aromatic nitrogens is 2. The molecule has 2 heterocycles. The molecule has 28 heavy (non-hydrogen) atoms. The molecule has 0 atom stereocenters. The van der Waals surface area contributed by atoms with E-state index in [1.807, 2.05) is 32.0 Å². The number of rotatable bonds is 7. The van der Waals surface area contributed by atoms with Crippen molar-refractivity contribution in [3.63, 3.8) is 0 Å². The molecule has 1 aromatic heterocycles. The zero-order valence-corrected chi connectivity index (χ0v) is 16.7. The van der Waals surface area contributed by atoms with Crippen LogP contribution in [-0.4, -0.2) is 46.7 Å². The van der Waals surface area contributed by atoms with Gasteiger partial charge in [0.2, 0.25) is 0 Å². The number of benzene rings is 1. The Morgan fingerprint density at radius 3 is 2.54 bits per heavy atom. The van der Waals surface area contributed by atoms with Crippen molar-refractivity contribution in [2.24, 2.45) is 5.41 Å². The van der Waals surface area contributed by atoms with Gasteiger partial charge in [-0.25, -0.2) is 0 Å². The highest BCUT2D eigenvalue weighted by Crippen LogP contribution is 2.38. The molecular formula is C22H29N3O3. The van der Waals surface area contributed by atoms with E-state index in [-0.39, 0.29) is 11.9 Å². The normalized spacial score (nSPS) is 16.0. The van der Waals surface area contributed by atoms with Crippen molar-refractivity contribution in [1.29, 1.82) is 0 Å². The summed E-state index contributed by atoms with van der Waals surface area (Å²) in [4.78, 5) is 27.2. The Morgan fingerprint density at radius 2 is 1.93 bits per heavy atom. The van der Waals surface area contributed by atoms with E-state index in [2.05, 4.69) is 22.3 Å². The number of ether oxygens (including phenoxy) is 1. The van der Waals surface area contributed by atoms with Gasteiger partial charge in [0, 0.05) is 18.8 Å². The summed E-state index contributed by atoms with van der Waals surface area (Å²) in [5.74, 6) is -0.197. The van der Waals surface area contributed by atoms with Crippen molar-refractivity contribution < 1.29 is 14.3 Å². The van der Waals surface area contributed by atoms with Gasteiger partial charge in [-0.05, 0) is 57.6 Å². The van der Waals surface area contributed by atoms with E-state index in [1.165, 1.54) is 5.56 Å². The van der Waals surface area contributed by atoms with Gasteiger partial charge in [-0.3, -0.25) is 14.7 Å². The maximum absolute atomic E-state index is 12.8. The molecule has 1 fully saturated rings. The van der Waals surface area contributed by atoms with Crippen LogP contribution in [-0.2, 0) is 16.0 Å². The highest BCUT2D eigenvalue weighted by molar-refractivity contribution is 5.92. The lowest BCUT2D eigenvalue weighted by Gasteiger charge is -2.39. The first-order chi connectivity index (χ1) is 13.5. The third-order valence-corrected chi connectivity index (χ3v) is 5.60. The summed E-state index contributed by atoms with van der Waals surface area (Å²) in [5.41, 5.74) is 2.08. The average molecular weight is 383 g/mol. The zero-order chi connectivity index (χ0) is 20.0. The highest BCUT2D eigenvalue weighted by Gasteiger charge is 2.43. The number of nitrogens with zero attached hydrogens (tertiary/aromatic N) is 2. The number of esters is 1. The third-order valence-electron chi connectivity index (χ3n) is 5.60. The van der Waals surface area contributed by atoms with Crippen LogP contribution < -0.4 is 0 Å². The lowest BCUT2D eigenvalue weighted by atomic mass is 9.74. The van der Waals surface area contributed by atoms with Crippen molar-refractivity contribution in [3.05, 3.63) is 53.3 Å². The first-order valence-electron chi connectivity index (χ1n) is 10.1. The molecule has 0 spiro atoms. The summed E-state index contributed by atoms with van der Waals surface area (Å²) in [6, 6.07) is 12.1. The van der Waals surface area contributed by atoms with Gasteiger partial charge in [0.1, 0.15) is 5.69 Å². The van der Waals surface area contributed by atoms with Crippen molar-refractivity contribution in [2.45, 2.75) is 46.0 Å². The third kappa shape index (κ3) is 4.61. The van der Waals surface area contributed by atoms with Crippen LogP contribution in [0.25, 0.3) is 0 Å². The van der Waals surface area contributed by atoms with Gasteiger partial charge >= 0.3 is 5.97 Å². The van der Waals surface area contributed by atoms with Gasteiger partial charge in [-0.2, -0.15) is 5.10 Å². The van der Waals surface area contributed by atoms with E-state index in [4.69, 9.17) is 4.74 Å². The molecule has 1 saturated heterocycles. The maximum Gasteiger partial charge on any atom is 0.312 e. The van der Waals surface area contributed by atoms with Crippen molar-refractivity contribution in [1.82, 2.24) is 15.1 Å². The predicted octanol–water partition coefficient (Wildman–Crippen LogP) is 3.53. The molecule has 6 heteroatoms. The number of piperidine rings is 1. The van der Waals surface area contributed by atoms with Gasteiger partial charge in [0.25, 0.3) is 5.91 Å². The SMILES string of the molecule is CCOC(=O)C1(CCCc2ccccc2)CCN(C(=O)c2cc(C)[nH]n2)CC1. The van der Waals surface area contributed by atoms with E-state index in [0.29, 0.717) is 38.2 Å². The number of carbonyl (C=O) groups is 2. The Balaban J connectivity index is 1.62. The van der Waals surface area contributed by atoms with Crippen LogP contribution in [0.15, 0.2) is 36.4 Å². The summed E-state index contributed by atoms with van der Waals surface area (Å²) in [6.45, 7) is 5.20. The second kappa shape index (κ2) is 9.04. The van der Waals surface area contributed by atoms with Gasteiger partial charge in [-0.15, -0.1) is 0 Å². The zero-order valence-electron chi connectivity index (χ0n) is 16.7. The molecule has 2 aromatic rings. The van der Waals surface area contributed by atoms with Crippen LogP contribution in [0.5, 0.6) is 0 Å². The molecule has 0 bridgehead atoms. The molecule has 0 aliphatic carbocycles. The summed E-state index contributed by atoms with van der Waals surface area (Å²) < 4.78 is 5.41. The minimum atomic E-state index is -0.497. The second-order valence-corrected chi connectivity index (χ2v) is 7.57. The average Bonchev–Trinajstić information content (AvgIpc) is 3.15. The van der Waals surface area contributed by atoms with Gasteiger partial charge in [0.15, 0.2) is 0 Å². The quantitative estimate of drug-likeness (QED) is 0.742. The molecule has 150 valence electrons. The smallest absolute Gasteiger partial charge is 0.312 e. The first kappa shape index (κ1) is 20.1. The molecule has 3 rings (SSSR count). The summed E-state index contributed by atoms with van der Waals surface area (Å²) >= 11 is 0.